The maximum absolute atomic E-state index is 3.64. The molecule has 0 bridgehead atoms. The van der Waals surface area contributed by atoms with Crippen LogP contribution in [0.1, 0.15) is 6.92 Å². The molecular weight excluding hydrogens is 134 g/mol. The smallest absolute Gasteiger partial charge is 0.00853 e. The Bertz CT molecular complexity index is 185. The molecule has 1 rings (SSSR count). The molecule has 0 amide bonds. The van der Waals surface area contributed by atoms with Gasteiger partial charge in [-0.3, -0.25) is 0 Å². The van der Waals surface area contributed by atoms with Crippen LogP contribution >= 0.6 is 0 Å². The van der Waals surface area contributed by atoms with Crippen molar-refractivity contribution in [2.45, 2.75) is 6.92 Å². The summed E-state index contributed by atoms with van der Waals surface area (Å²) in [5.74, 6) is 0.733. The molecule has 0 aromatic rings. The van der Waals surface area contributed by atoms with Gasteiger partial charge in [0.2, 0.25) is 0 Å². The number of rotatable bonds is 3. The lowest BCUT2D eigenvalue weighted by molar-refractivity contribution is 0.405. The summed E-state index contributed by atoms with van der Waals surface area (Å²) in [5.41, 5.74) is 1.42. The normalized spacial score (nSPS) is 20.3. The predicted molar refractivity (Wildman–Crippen MR) is 49.5 cm³/mol. The first-order valence-corrected chi connectivity index (χ1v) is 4.04. The van der Waals surface area contributed by atoms with E-state index >= 15 is 0 Å². The van der Waals surface area contributed by atoms with Gasteiger partial charge < -0.3 is 5.32 Å². The van der Waals surface area contributed by atoms with Crippen LogP contribution in [0.4, 0.5) is 0 Å². The van der Waals surface area contributed by atoms with Crippen molar-refractivity contribution in [3.8, 4) is 0 Å². The highest BCUT2D eigenvalue weighted by Gasteiger charge is 2.18. The summed E-state index contributed by atoms with van der Waals surface area (Å²) in [6, 6.07) is 0. The van der Waals surface area contributed by atoms with Gasteiger partial charge in [0, 0.05) is 19.0 Å². The Morgan fingerprint density at radius 1 is 1.55 bits per heavy atom. The van der Waals surface area contributed by atoms with Crippen LogP contribution in [0, 0.1) is 5.92 Å². The molecule has 0 aromatic heterocycles. The Kier molecular flexibility index (Phi) is 3.12. The largest absolute Gasteiger partial charge is 0.315 e. The minimum absolute atomic E-state index is 0.733. The zero-order valence-electron chi connectivity index (χ0n) is 7.01. The van der Waals surface area contributed by atoms with Gasteiger partial charge in [0.05, 0.1) is 0 Å². The second-order valence-electron chi connectivity index (χ2n) is 2.74. The third-order valence-electron chi connectivity index (χ3n) is 2.01. The molecule has 0 saturated carbocycles. The molecule has 1 heteroatoms. The maximum atomic E-state index is 3.64. The van der Waals surface area contributed by atoms with Crippen LogP contribution in [0.5, 0.6) is 0 Å². The lowest BCUT2D eigenvalue weighted by atomic mass is 9.93. The first-order chi connectivity index (χ1) is 5.38. The molecule has 0 atom stereocenters. The molecule has 60 valence electrons. The zero-order chi connectivity index (χ0) is 8.10. The van der Waals surface area contributed by atoms with Crippen molar-refractivity contribution in [3.05, 3.63) is 36.5 Å². The maximum Gasteiger partial charge on any atom is 0.00853 e. The second-order valence-corrected chi connectivity index (χ2v) is 2.74. The van der Waals surface area contributed by atoms with Gasteiger partial charge in [-0.1, -0.05) is 30.9 Å². The van der Waals surface area contributed by atoms with Gasteiger partial charge in [0.25, 0.3) is 0 Å². The lowest BCUT2D eigenvalue weighted by Gasteiger charge is -2.28. The van der Waals surface area contributed by atoms with E-state index in [1.807, 2.05) is 12.2 Å². The Morgan fingerprint density at radius 3 is 2.64 bits per heavy atom. The van der Waals surface area contributed by atoms with Gasteiger partial charge in [-0.25, -0.2) is 0 Å². The molecule has 0 aliphatic carbocycles. The summed E-state index contributed by atoms with van der Waals surface area (Å²) in [7, 11) is 0. The van der Waals surface area contributed by atoms with Crippen LogP contribution in [-0.4, -0.2) is 13.1 Å². The Labute approximate surface area is 68.5 Å². The molecular formula is C10H15N. The first kappa shape index (κ1) is 8.28. The number of hydrogen-bond donors (Lipinski definition) is 1. The van der Waals surface area contributed by atoms with Crippen molar-refractivity contribution < 1.29 is 0 Å². The molecule has 11 heavy (non-hydrogen) atoms. The van der Waals surface area contributed by atoms with Crippen LogP contribution in [0.15, 0.2) is 36.5 Å². The molecule has 0 aromatic carbocycles. The summed E-state index contributed by atoms with van der Waals surface area (Å²) < 4.78 is 0. The van der Waals surface area contributed by atoms with E-state index in [4.69, 9.17) is 0 Å². The molecule has 1 N–H and O–H groups in total. The van der Waals surface area contributed by atoms with E-state index in [1.54, 1.807) is 0 Å². The molecule has 0 radical (unpaired) electrons. The van der Waals surface area contributed by atoms with Crippen LogP contribution in [0.2, 0.25) is 0 Å². The summed E-state index contributed by atoms with van der Waals surface area (Å²) >= 11 is 0. The van der Waals surface area contributed by atoms with Gasteiger partial charge in [0.15, 0.2) is 0 Å². The highest BCUT2D eigenvalue weighted by atomic mass is 14.9. The fourth-order valence-electron chi connectivity index (χ4n) is 1.17. The van der Waals surface area contributed by atoms with E-state index < -0.39 is 0 Å². The fraction of sp³-hybridized carbons (Fsp3) is 0.400. The van der Waals surface area contributed by atoms with E-state index in [2.05, 4.69) is 31.0 Å². The minimum Gasteiger partial charge on any atom is -0.315 e. The highest BCUT2D eigenvalue weighted by molar-refractivity contribution is 5.25. The summed E-state index contributed by atoms with van der Waals surface area (Å²) in [6.45, 7) is 7.98. The lowest BCUT2D eigenvalue weighted by Crippen LogP contribution is -2.42. The van der Waals surface area contributed by atoms with E-state index in [1.165, 1.54) is 5.57 Å². The van der Waals surface area contributed by atoms with Crippen molar-refractivity contribution in [2.75, 3.05) is 13.1 Å². The highest BCUT2D eigenvalue weighted by Crippen LogP contribution is 2.16. The van der Waals surface area contributed by atoms with E-state index in [-0.39, 0.29) is 0 Å². The van der Waals surface area contributed by atoms with Crippen molar-refractivity contribution in [2.24, 2.45) is 5.92 Å². The quantitative estimate of drug-likeness (QED) is 0.604. The van der Waals surface area contributed by atoms with Crippen molar-refractivity contribution in [1.29, 1.82) is 0 Å². The number of hydrogen-bond acceptors (Lipinski definition) is 1. The number of allylic oxidation sites excluding steroid dienone is 4. The predicted octanol–water partition coefficient (Wildman–Crippen LogP) is 1.89. The van der Waals surface area contributed by atoms with Gasteiger partial charge in [-0.2, -0.15) is 0 Å². The Morgan fingerprint density at radius 2 is 2.27 bits per heavy atom. The molecule has 1 nitrogen and oxygen atoms in total. The summed E-state index contributed by atoms with van der Waals surface area (Å²) in [5, 5.41) is 3.25. The van der Waals surface area contributed by atoms with Gasteiger partial charge in [0.1, 0.15) is 0 Å². The van der Waals surface area contributed by atoms with Gasteiger partial charge >= 0.3 is 0 Å². The molecule has 1 aliphatic rings. The van der Waals surface area contributed by atoms with Crippen molar-refractivity contribution >= 4 is 0 Å². The van der Waals surface area contributed by atoms with E-state index in [0.717, 1.165) is 19.0 Å². The van der Waals surface area contributed by atoms with Crippen molar-refractivity contribution in [1.82, 2.24) is 5.32 Å². The third-order valence-corrected chi connectivity index (χ3v) is 2.01. The number of nitrogens with one attached hydrogen (secondary N) is 1. The van der Waals surface area contributed by atoms with Crippen LogP contribution in [0.25, 0.3) is 0 Å². The van der Waals surface area contributed by atoms with Crippen molar-refractivity contribution in [3.63, 3.8) is 0 Å². The first-order valence-electron chi connectivity index (χ1n) is 4.04. The third kappa shape index (κ3) is 2.05. The summed E-state index contributed by atoms with van der Waals surface area (Å²) in [6.07, 6.45) is 8.12. The topological polar surface area (TPSA) is 12.0 Å². The average molecular weight is 149 g/mol. The van der Waals surface area contributed by atoms with E-state index in [0.29, 0.717) is 0 Å². The SMILES string of the molecule is C=C/C=C\C(=C/C)C1CNC1. The van der Waals surface area contributed by atoms with Crippen LogP contribution in [0.3, 0.4) is 0 Å². The molecule has 0 spiro atoms. The van der Waals surface area contributed by atoms with Crippen LogP contribution < -0.4 is 5.32 Å². The van der Waals surface area contributed by atoms with E-state index in [9.17, 15) is 0 Å². The van der Waals surface area contributed by atoms with Gasteiger partial charge in [-0.15, -0.1) is 0 Å². The molecule has 1 fully saturated rings. The molecule has 1 heterocycles. The minimum atomic E-state index is 0.733. The standard InChI is InChI=1S/C10H15N/c1-3-5-6-9(4-2)10-7-11-8-10/h3-6,10-11H,1,7-8H2,2H3/b6-5-,9-4+. The van der Waals surface area contributed by atoms with Gasteiger partial charge in [-0.05, 0) is 12.5 Å². The molecule has 1 saturated heterocycles. The Hall–Kier alpha value is -0.820. The molecule has 1 aliphatic heterocycles. The molecule has 0 unspecified atom stereocenters. The second kappa shape index (κ2) is 4.14. The monoisotopic (exact) mass is 149 g/mol. The Balaban J connectivity index is 2.49. The average Bonchev–Trinajstić information content (AvgIpc) is 1.93. The zero-order valence-corrected chi connectivity index (χ0v) is 7.01. The van der Waals surface area contributed by atoms with Crippen LogP contribution in [-0.2, 0) is 0 Å². The fourth-order valence-corrected chi connectivity index (χ4v) is 1.17. The summed E-state index contributed by atoms with van der Waals surface area (Å²) in [4.78, 5) is 0.